The molecule has 2 aromatic carbocycles. The highest BCUT2D eigenvalue weighted by molar-refractivity contribution is 7.91. The Kier molecular flexibility index (Phi) is 10.0. The van der Waals surface area contributed by atoms with Gasteiger partial charge in [-0.15, -0.1) is 0 Å². The second-order valence-corrected chi connectivity index (χ2v) is 9.52. The summed E-state index contributed by atoms with van der Waals surface area (Å²) in [6.07, 6.45) is -0.420. The summed E-state index contributed by atoms with van der Waals surface area (Å²) in [5.74, 6) is -2.11. The zero-order chi connectivity index (χ0) is 25.1. The number of carbonyl (C=O) groups excluding carboxylic acids is 2. The number of amides is 1. The number of carboxylic acids is 1. The van der Waals surface area contributed by atoms with Crippen molar-refractivity contribution in [3.63, 3.8) is 0 Å². The van der Waals surface area contributed by atoms with Crippen molar-refractivity contribution in [3.05, 3.63) is 54.1 Å². The third-order valence-electron chi connectivity index (χ3n) is 4.80. The summed E-state index contributed by atoms with van der Waals surface area (Å²) in [5.41, 5.74) is 1.44. The summed E-state index contributed by atoms with van der Waals surface area (Å²) in [5, 5.41) is 17.8. The smallest absolute Gasteiger partial charge is 0.338 e. The van der Waals surface area contributed by atoms with E-state index in [0.717, 1.165) is 0 Å². The normalized spacial score (nSPS) is 11.9. The molecule has 34 heavy (non-hydrogen) atoms. The molecule has 1 atom stereocenters. The maximum atomic E-state index is 12.6. The summed E-state index contributed by atoms with van der Waals surface area (Å²) >= 11 is 0. The second-order valence-electron chi connectivity index (χ2n) is 7.25. The second kappa shape index (κ2) is 12.7. The fraction of sp³-hybridized carbons (Fsp3) is 0.348. The largest absolute Gasteiger partial charge is 0.481 e. The number of carboxylic acid groups (broad SMARTS) is 1. The Balaban J connectivity index is 1.89. The first-order chi connectivity index (χ1) is 16.2. The van der Waals surface area contributed by atoms with Gasteiger partial charge < -0.3 is 25.8 Å². The lowest BCUT2D eigenvalue weighted by Gasteiger charge is -2.17. The molecule has 11 heteroatoms. The molecule has 0 heterocycles. The maximum absolute atomic E-state index is 12.6. The van der Waals surface area contributed by atoms with Gasteiger partial charge in [0.05, 0.1) is 35.3 Å². The molecule has 0 radical (unpaired) electrons. The van der Waals surface area contributed by atoms with Crippen LogP contribution in [-0.2, 0) is 24.2 Å². The van der Waals surface area contributed by atoms with E-state index in [4.69, 9.17) is 9.84 Å². The zero-order valence-corrected chi connectivity index (χ0v) is 19.9. The number of rotatable bonds is 13. The van der Waals surface area contributed by atoms with Gasteiger partial charge in [0.15, 0.2) is 9.84 Å². The Morgan fingerprint density at radius 1 is 0.941 bits per heavy atom. The van der Waals surface area contributed by atoms with Gasteiger partial charge in [-0.2, -0.15) is 0 Å². The highest BCUT2D eigenvalue weighted by atomic mass is 32.2. The Bertz CT molecular complexity index is 1080. The van der Waals surface area contributed by atoms with E-state index in [1.807, 2.05) is 0 Å². The van der Waals surface area contributed by atoms with Crippen molar-refractivity contribution in [1.82, 2.24) is 5.32 Å². The highest BCUT2D eigenvalue weighted by Crippen LogP contribution is 2.15. The van der Waals surface area contributed by atoms with Crippen LogP contribution in [0.5, 0.6) is 0 Å². The van der Waals surface area contributed by atoms with Gasteiger partial charge in [-0.05, 0) is 55.5 Å². The predicted octanol–water partition coefficient (Wildman–Crippen LogP) is 2.14. The first-order valence-electron chi connectivity index (χ1n) is 10.8. The average Bonchev–Trinajstić information content (AvgIpc) is 2.81. The minimum absolute atomic E-state index is 0.0201. The van der Waals surface area contributed by atoms with Crippen LogP contribution in [0.4, 0.5) is 11.4 Å². The van der Waals surface area contributed by atoms with Gasteiger partial charge in [0.25, 0.3) is 0 Å². The number of benzene rings is 2. The Morgan fingerprint density at radius 3 is 2.12 bits per heavy atom. The lowest BCUT2D eigenvalue weighted by Crippen LogP contribution is -2.43. The van der Waals surface area contributed by atoms with Crippen molar-refractivity contribution < 1.29 is 32.6 Å². The van der Waals surface area contributed by atoms with Crippen molar-refractivity contribution in [1.29, 1.82) is 0 Å². The molecular weight excluding hydrogens is 462 g/mol. The van der Waals surface area contributed by atoms with E-state index in [0.29, 0.717) is 23.5 Å². The van der Waals surface area contributed by atoms with Crippen LogP contribution < -0.4 is 16.0 Å². The van der Waals surface area contributed by atoms with Crippen molar-refractivity contribution in [2.24, 2.45) is 0 Å². The van der Waals surface area contributed by atoms with Gasteiger partial charge in [0.2, 0.25) is 5.91 Å². The van der Waals surface area contributed by atoms with Crippen LogP contribution in [0.2, 0.25) is 0 Å². The quantitative estimate of drug-likeness (QED) is 0.244. The molecule has 2 rings (SSSR count). The molecule has 0 bridgehead atoms. The average molecular weight is 492 g/mol. The van der Waals surface area contributed by atoms with Crippen LogP contribution in [0.25, 0.3) is 0 Å². The molecule has 0 aliphatic rings. The van der Waals surface area contributed by atoms with Crippen molar-refractivity contribution in [2.75, 3.05) is 36.1 Å². The third kappa shape index (κ3) is 8.16. The minimum Gasteiger partial charge on any atom is -0.481 e. The summed E-state index contributed by atoms with van der Waals surface area (Å²) in [6, 6.07) is 11.4. The molecule has 0 aliphatic heterocycles. The first-order valence-corrected chi connectivity index (χ1v) is 12.4. The molecule has 0 saturated heterocycles. The molecule has 0 aromatic heterocycles. The van der Waals surface area contributed by atoms with Crippen LogP contribution in [0, 0.1) is 0 Å². The maximum Gasteiger partial charge on any atom is 0.338 e. The van der Waals surface area contributed by atoms with Gasteiger partial charge in [-0.25, -0.2) is 13.2 Å². The molecule has 0 fully saturated rings. The van der Waals surface area contributed by atoms with Crippen LogP contribution in [0.3, 0.4) is 0 Å². The number of anilines is 2. The van der Waals surface area contributed by atoms with Crippen LogP contribution in [0.15, 0.2) is 53.4 Å². The van der Waals surface area contributed by atoms with Gasteiger partial charge in [0, 0.05) is 24.5 Å². The Morgan fingerprint density at radius 2 is 1.56 bits per heavy atom. The number of hydrogen-bond donors (Lipinski definition) is 4. The number of sulfone groups is 1. The zero-order valence-electron chi connectivity index (χ0n) is 19.0. The van der Waals surface area contributed by atoms with Crippen molar-refractivity contribution in [2.45, 2.75) is 31.2 Å². The van der Waals surface area contributed by atoms with Gasteiger partial charge >= 0.3 is 11.9 Å². The lowest BCUT2D eigenvalue weighted by atomic mass is 10.1. The van der Waals surface area contributed by atoms with Crippen LogP contribution >= 0.6 is 0 Å². The molecular formula is C23H29N3O7S. The standard InChI is InChI=1S/C23H29N3O7S/c1-3-33-23(30)16-5-7-18(8-6-16)26-22(29)20(15-21(27)28)25-14-13-24-17-9-11-19(12-10-17)34(31,32)4-2/h5-12,20,24-25H,3-4,13-15H2,1-2H3,(H,26,29)(H,27,28)/t20-/m1/s1. The molecule has 0 spiro atoms. The monoisotopic (exact) mass is 491 g/mol. The fourth-order valence-electron chi connectivity index (χ4n) is 2.97. The first kappa shape index (κ1) is 26.8. The number of aliphatic carboxylic acids is 1. The molecule has 184 valence electrons. The van der Waals surface area contributed by atoms with Crippen molar-refractivity contribution >= 4 is 39.1 Å². The molecule has 2 aromatic rings. The van der Waals surface area contributed by atoms with E-state index < -0.39 is 40.1 Å². The van der Waals surface area contributed by atoms with Gasteiger partial charge in [0.1, 0.15) is 0 Å². The van der Waals surface area contributed by atoms with Crippen LogP contribution in [-0.4, -0.2) is 62.9 Å². The number of esters is 1. The molecule has 0 saturated carbocycles. The molecule has 4 N–H and O–H groups in total. The number of nitrogens with one attached hydrogen (secondary N) is 3. The van der Waals surface area contributed by atoms with E-state index in [9.17, 15) is 22.8 Å². The fourth-order valence-corrected chi connectivity index (χ4v) is 3.85. The third-order valence-corrected chi connectivity index (χ3v) is 6.55. The van der Waals surface area contributed by atoms with E-state index in [1.54, 1.807) is 26.0 Å². The number of hydrogen-bond acceptors (Lipinski definition) is 8. The summed E-state index contributed by atoms with van der Waals surface area (Å²) < 4.78 is 28.6. The molecule has 1 amide bonds. The van der Waals surface area contributed by atoms with Crippen molar-refractivity contribution in [3.8, 4) is 0 Å². The number of ether oxygens (including phenoxy) is 1. The molecule has 0 aliphatic carbocycles. The van der Waals surface area contributed by atoms with E-state index in [2.05, 4.69) is 16.0 Å². The summed E-state index contributed by atoms with van der Waals surface area (Å²) in [4.78, 5) is 35.7. The number of carbonyl (C=O) groups is 3. The van der Waals surface area contributed by atoms with Crippen LogP contribution in [0.1, 0.15) is 30.6 Å². The lowest BCUT2D eigenvalue weighted by molar-refractivity contribution is -0.139. The Labute approximate surface area is 198 Å². The topological polar surface area (TPSA) is 151 Å². The van der Waals surface area contributed by atoms with E-state index >= 15 is 0 Å². The van der Waals surface area contributed by atoms with E-state index in [1.165, 1.54) is 36.4 Å². The summed E-state index contributed by atoms with van der Waals surface area (Å²) in [6.45, 7) is 4.18. The van der Waals surface area contributed by atoms with E-state index in [-0.39, 0.29) is 23.8 Å². The summed E-state index contributed by atoms with van der Waals surface area (Å²) in [7, 11) is -3.27. The van der Waals surface area contributed by atoms with Gasteiger partial charge in [-0.3, -0.25) is 9.59 Å². The SMILES string of the molecule is CCOC(=O)c1ccc(NC(=O)[C@@H](CC(=O)O)NCCNc2ccc(S(=O)(=O)CC)cc2)cc1. The molecule has 10 nitrogen and oxygen atoms in total. The minimum atomic E-state index is -3.27. The molecule has 0 unspecified atom stereocenters. The Hall–Kier alpha value is -3.44. The predicted molar refractivity (Wildman–Crippen MR) is 128 cm³/mol. The highest BCUT2D eigenvalue weighted by Gasteiger charge is 2.21. The van der Waals surface area contributed by atoms with Gasteiger partial charge in [-0.1, -0.05) is 6.92 Å².